The fourth-order valence-corrected chi connectivity index (χ4v) is 3.09. The zero-order valence-electron chi connectivity index (χ0n) is 10.6. The summed E-state index contributed by atoms with van der Waals surface area (Å²) in [6.07, 6.45) is 4.62. The van der Waals surface area contributed by atoms with Crippen molar-refractivity contribution in [2.75, 3.05) is 0 Å². The molecular formula is C13H24O3. The molecule has 1 fully saturated rings. The first-order valence-electron chi connectivity index (χ1n) is 6.26. The molecule has 94 valence electrons. The molecule has 0 heterocycles. The lowest BCUT2D eigenvalue weighted by Crippen LogP contribution is -2.48. The maximum Gasteiger partial charge on any atom is 0.309 e. The van der Waals surface area contributed by atoms with Gasteiger partial charge < -0.3 is 10.2 Å². The molecule has 1 saturated carbocycles. The number of carboxylic acids is 1. The maximum absolute atomic E-state index is 11.2. The van der Waals surface area contributed by atoms with Gasteiger partial charge in [-0.2, -0.15) is 0 Å². The summed E-state index contributed by atoms with van der Waals surface area (Å²) in [4.78, 5) is 11.2. The van der Waals surface area contributed by atoms with Gasteiger partial charge in [0.25, 0.3) is 0 Å². The molecule has 1 aliphatic carbocycles. The van der Waals surface area contributed by atoms with Crippen LogP contribution in [0.25, 0.3) is 0 Å². The lowest BCUT2D eigenvalue weighted by molar-refractivity contribution is -0.159. The van der Waals surface area contributed by atoms with Crippen LogP contribution in [0.5, 0.6) is 0 Å². The molecule has 0 aliphatic heterocycles. The van der Waals surface area contributed by atoms with Gasteiger partial charge in [0.15, 0.2) is 0 Å². The van der Waals surface area contributed by atoms with Crippen LogP contribution < -0.4 is 0 Å². The van der Waals surface area contributed by atoms with E-state index in [9.17, 15) is 15.0 Å². The Morgan fingerprint density at radius 3 is 2.44 bits per heavy atom. The van der Waals surface area contributed by atoms with Crippen molar-refractivity contribution in [3.05, 3.63) is 0 Å². The largest absolute Gasteiger partial charge is 0.481 e. The van der Waals surface area contributed by atoms with E-state index in [2.05, 4.69) is 13.8 Å². The highest BCUT2D eigenvalue weighted by molar-refractivity contribution is 5.71. The van der Waals surface area contributed by atoms with Crippen LogP contribution in [-0.4, -0.2) is 21.8 Å². The topological polar surface area (TPSA) is 57.5 Å². The summed E-state index contributed by atoms with van der Waals surface area (Å²) in [5, 5.41) is 19.8. The molecule has 3 nitrogen and oxygen atoms in total. The minimum Gasteiger partial charge on any atom is -0.481 e. The number of aliphatic hydroxyl groups is 1. The molecule has 1 aliphatic rings. The summed E-state index contributed by atoms with van der Waals surface area (Å²) < 4.78 is 0. The molecule has 0 bridgehead atoms. The second-order valence-electron chi connectivity index (χ2n) is 5.98. The molecular weight excluding hydrogens is 204 g/mol. The molecule has 0 saturated heterocycles. The van der Waals surface area contributed by atoms with E-state index in [1.165, 1.54) is 0 Å². The molecule has 0 amide bonds. The number of carbonyl (C=O) groups is 1. The smallest absolute Gasteiger partial charge is 0.309 e. The Hall–Kier alpha value is -0.570. The van der Waals surface area contributed by atoms with Gasteiger partial charge in [-0.15, -0.1) is 0 Å². The zero-order chi connectivity index (χ0) is 12.4. The first-order valence-corrected chi connectivity index (χ1v) is 6.26. The van der Waals surface area contributed by atoms with Crippen LogP contribution in [0.2, 0.25) is 0 Å². The van der Waals surface area contributed by atoms with E-state index in [1.807, 2.05) is 6.92 Å². The number of carboxylic acid groups (broad SMARTS) is 1. The quantitative estimate of drug-likeness (QED) is 0.778. The fraction of sp³-hybridized carbons (Fsp3) is 0.923. The normalized spacial score (nSPS) is 31.0. The van der Waals surface area contributed by atoms with Crippen molar-refractivity contribution in [3.8, 4) is 0 Å². The van der Waals surface area contributed by atoms with Crippen molar-refractivity contribution in [2.45, 2.75) is 64.9 Å². The fourth-order valence-electron chi connectivity index (χ4n) is 3.09. The van der Waals surface area contributed by atoms with Crippen molar-refractivity contribution in [3.63, 3.8) is 0 Å². The van der Waals surface area contributed by atoms with Crippen LogP contribution in [0.3, 0.4) is 0 Å². The van der Waals surface area contributed by atoms with Gasteiger partial charge in [0.05, 0.1) is 11.5 Å². The number of aliphatic carboxylic acids is 1. The van der Waals surface area contributed by atoms with E-state index in [1.54, 1.807) is 0 Å². The summed E-state index contributed by atoms with van der Waals surface area (Å²) in [5.74, 6) is -1.45. The zero-order valence-corrected chi connectivity index (χ0v) is 10.6. The van der Waals surface area contributed by atoms with Gasteiger partial charge >= 0.3 is 5.97 Å². The highest BCUT2D eigenvalue weighted by Crippen LogP contribution is 2.45. The lowest BCUT2D eigenvalue weighted by Gasteiger charge is -2.44. The van der Waals surface area contributed by atoms with Gasteiger partial charge in [0.2, 0.25) is 0 Å². The third-order valence-electron chi connectivity index (χ3n) is 3.77. The van der Waals surface area contributed by atoms with Gasteiger partial charge in [0, 0.05) is 0 Å². The third kappa shape index (κ3) is 2.97. The Morgan fingerprint density at radius 1 is 1.38 bits per heavy atom. The van der Waals surface area contributed by atoms with Crippen LogP contribution in [-0.2, 0) is 4.79 Å². The van der Waals surface area contributed by atoms with Crippen LogP contribution in [0.15, 0.2) is 0 Å². The van der Waals surface area contributed by atoms with E-state index in [0.717, 1.165) is 19.3 Å². The molecule has 1 rings (SSSR count). The molecule has 2 atom stereocenters. The van der Waals surface area contributed by atoms with Crippen molar-refractivity contribution in [2.24, 2.45) is 11.3 Å². The Kier molecular flexibility index (Phi) is 4.00. The standard InChI is InChI=1S/C13H24O3/c1-4-6-10(11(14)15)13(16)8-5-7-12(2,3)9-13/h10,16H,4-9H2,1-3H3,(H,14,15). The minimum absolute atomic E-state index is 0.0639. The Bertz CT molecular complexity index is 260. The van der Waals surface area contributed by atoms with Gasteiger partial charge in [-0.1, -0.05) is 33.6 Å². The lowest BCUT2D eigenvalue weighted by atomic mass is 9.64. The van der Waals surface area contributed by atoms with Crippen molar-refractivity contribution in [1.82, 2.24) is 0 Å². The van der Waals surface area contributed by atoms with Crippen molar-refractivity contribution in [1.29, 1.82) is 0 Å². The van der Waals surface area contributed by atoms with Gasteiger partial charge in [0.1, 0.15) is 0 Å². The summed E-state index contributed by atoms with van der Waals surface area (Å²) in [5.41, 5.74) is -0.933. The summed E-state index contributed by atoms with van der Waals surface area (Å²) in [6, 6.07) is 0. The predicted molar refractivity (Wildman–Crippen MR) is 63.2 cm³/mol. The molecule has 0 aromatic heterocycles. The number of rotatable bonds is 4. The molecule has 0 radical (unpaired) electrons. The molecule has 0 aromatic rings. The molecule has 2 unspecified atom stereocenters. The average molecular weight is 228 g/mol. The predicted octanol–water partition coefficient (Wildman–Crippen LogP) is 2.82. The van der Waals surface area contributed by atoms with E-state index >= 15 is 0 Å². The number of hydrogen-bond acceptors (Lipinski definition) is 2. The van der Waals surface area contributed by atoms with Crippen LogP contribution in [0.1, 0.15) is 59.3 Å². The van der Waals surface area contributed by atoms with Crippen molar-refractivity contribution < 1.29 is 15.0 Å². The molecule has 0 spiro atoms. The molecule has 3 heteroatoms. The summed E-state index contributed by atoms with van der Waals surface area (Å²) in [7, 11) is 0. The SMILES string of the molecule is CCCC(C(=O)O)C1(O)CCCC(C)(C)C1. The van der Waals surface area contributed by atoms with E-state index in [-0.39, 0.29) is 5.41 Å². The highest BCUT2D eigenvalue weighted by atomic mass is 16.4. The maximum atomic E-state index is 11.2. The van der Waals surface area contributed by atoms with Crippen LogP contribution >= 0.6 is 0 Å². The average Bonchev–Trinajstić information content (AvgIpc) is 2.11. The number of hydrogen-bond donors (Lipinski definition) is 2. The van der Waals surface area contributed by atoms with Gasteiger partial charge in [-0.25, -0.2) is 0 Å². The monoisotopic (exact) mass is 228 g/mol. The Morgan fingerprint density at radius 2 is 2.00 bits per heavy atom. The second-order valence-corrected chi connectivity index (χ2v) is 5.98. The Balaban J connectivity index is 2.84. The first kappa shape index (κ1) is 13.5. The van der Waals surface area contributed by atoms with Crippen LogP contribution in [0.4, 0.5) is 0 Å². The second kappa shape index (κ2) is 4.74. The van der Waals surface area contributed by atoms with E-state index < -0.39 is 17.5 Å². The summed E-state index contributed by atoms with van der Waals surface area (Å²) >= 11 is 0. The molecule has 2 N–H and O–H groups in total. The summed E-state index contributed by atoms with van der Waals surface area (Å²) in [6.45, 7) is 6.19. The van der Waals surface area contributed by atoms with E-state index in [0.29, 0.717) is 19.3 Å². The van der Waals surface area contributed by atoms with Crippen LogP contribution in [0, 0.1) is 11.3 Å². The van der Waals surface area contributed by atoms with Crippen molar-refractivity contribution >= 4 is 5.97 Å². The first-order chi connectivity index (χ1) is 7.31. The molecule has 16 heavy (non-hydrogen) atoms. The van der Waals surface area contributed by atoms with Gasteiger partial charge in [-0.3, -0.25) is 4.79 Å². The van der Waals surface area contributed by atoms with E-state index in [4.69, 9.17) is 0 Å². The molecule has 0 aromatic carbocycles. The highest BCUT2D eigenvalue weighted by Gasteiger charge is 2.46. The van der Waals surface area contributed by atoms with Gasteiger partial charge in [-0.05, 0) is 31.1 Å². The third-order valence-corrected chi connectivity index (χ3v) is 3.77. The minimum atomic E-state index is -0.996. The Labute approximate surface area is 97.9 Å².